The number of nitrogens with two attached hydrogens (primary N) is 1. The molecule has 16 heavy (non-hydrogen) atoms. The summed E-state index contributed by atoms with van der Waals surface area (Å²) in [5.74, 6) is 0.766. The normalized spacial score (nSPS) is 36.4. The number of hydrogen-bond acceptors (Lipinski definition) is 3. The van der Waals surface area contributed by atoms with Crippen LogP contribution in [-0.2, 0) is 0 Å². The third-order valence-corrected chi connectivity index (χ3v) is 4.35. The van der Waals surface area contributed by atoms with E-state index in [1.165, 1.54) is 45.2 Å². The Morgan fingerprint density at radius 2 is 2.00 bits per heavy atom. The summed E-state index contributed by atoms with van der Waals surface area (Å²) in [6.45, 7) is 3.41. The first-order valence-electron chi connectivity index (χ1n) is 6.83. The van der Waals surface area contributed by atoms with Gasteiger partial charge in [0, 0.05) is 18.6 Å². The van der Waals surface area contributed by atoms with E-state index < -0.39 is 0 Å². The van der Waals surface area contributed by atoms with E-state index in [1.807, 2.05) is 0 Å². The second kappa shape index (κ2) is 5.48. The van der Waals surface area contributed by atoms with Gasteiger partial charge in [0.1, 0.15) is 0 Å². The molecule has 0 bridgehead atoms. The maximum absolute atomic E-state index is 5.90. The molecule has 0 spiro atoms. The number of rotatable bonds is 4. The summed E-state index contributed by atoms with van der Waals surface area (Å²) in [6.07, 6.45) is 6.88. The summed E-state index contributed by atoms with van der Waals surface area (Å²) in [7, 11) is 4.37. The van der Waals surface area contributed by atoms with Gasteiger partial charge in [-0.15, -0.1) is 0 Å². The largest absolute Gasteiger partial charge is 0.330 e. The number of hydrogen-bond donors (Lipinski definition) is 1. The maximum atomic E-state index is 5.90. The predicted octanol–water partition coefficient (Wildman–Crippen LogP) is 1.14. The molecular weight excluding hydrogens is 198 g/mol. The van der Waals surface area contributed by atoms with Gasteiger partial charge in [-0.2, -0.15) is 0 Å². The van der Waals surface area contributed by atoms with Crippen LogP contribution >= 0.6 is 0 Å². The average Bonchev–Trinajstić information content (AvgIpc) is 2.83. The van der Waals surface area contributed by atoms with Crippen LogP contribution in [-0.4, -0.2) is 55.6 Å². The van der Waals surface area contributed by atoms with E-state index in [4.69, 9.17) is 5.73 Å². The van der Waals surface area contributed by atoms with Crippen molar-refractivity contribution >= 4 is 0 Å². The van der Waals surface area contributed by atoms with Gasteiger partial charge in [0.25, 0.3) is 0 Å². The summed E-state index contributed by atoms with van der Waals surface area (Å²) in [6, 6.07) is 1.57. The molecular formula is C13H27N3. The molecule has 1 heterocycles. The fourth-order valence-corrected chi connectivity index (χ4v) is 3.64. The van der Waals surface area contributed by atoms with Crippen molar-refractivity contribution < 1.29 is 0 Å². The van der Waals surface area contributed by atoms with E-state index in [0.29, 0.717) is 0 Å². The molecule has 2 fully saturated rings. The van der Waals surface area contributed by atoms with Gasteiger partial charge in [-0.3, -0.25) is 4.90 Å². The molecule has 0 radical (unpaired) electrons. The lowest BCUT2D eigenvalue weighted by Gasteiger charge is -2.35. The maximum Gasteiger partial charge on any atom is 0.0226 e. The van der Waals surface area contributed by atoms with E-state index in [9.17, 15) is 0 Å². The molecule has 1 saturated carbocycles. The molecule has 3 nitrogen and oxygen atoms in total. The molecule has 3 atom stereocenters. The van der Waals surface area contributed by atoms with Gasteiger partial charge < -0.3 is 10.6 Å². The molecule has 3 heteroatoms. The Morgan fingerprint density at radius 3 is 2.69 bits per heavy atom. The minimum Gasteiger partial charge on any atom is -0.330 e. The van der Waals surface area contributed by atoms with E-state index >= 15 is 0 Å². The molecule has 0 aromatic rings. The Hall–Kier alpha value is -0.120. The summed E-state index contributed by atoms with van der Waals surface area (Å²) in [5.41, 5.74) is 5.90. The summed E-state index contributed by atoms with van der Waals surface area (Å²) in [5, 5.41) is 0. The van der Waals surface area contributed by atoms with Crippen molar-refractivity contribution in [3.05, 3.63) is 0 Å². The highest BCUT2D eigenvalue weighted by atomic mass is 15.2. The van der Waals surface area contributed by atoms with Crippen LogP contribution in [0.15, 0.2) is 0 Å². The van der Waals surface area contributed by atoms with Gasteiger partial charge >= 0.3 is 0 Å². The third kappa shape index (κ3) is 2.58. The minimum absolute atomic E-state index is 0.766. The highest BCUT2D eigenvalue weighted by molar-refractivity contribution is 4.92. The lowest BCUT2D eigenvalue weighted by Crippen LogP contribution is -2.46. The van der Waals surface area contributed by atoms with Crippen LogP contribution in [0.5, 0.6) is 0 Å². The van der Waals surface area contributed by atoms with E-state index in [0.717, 1.165) is 24.5 Å². The van der Waals surface area contributed by atoms with Gasteiger partial charge in [-0.05, 0) is 58.8 Å². The van der Waals surface area contributed by atoms with Gasteiger partial charge in [0.15, 0.2) is 0 Å². The van der Waals surface area contributed by atoms with Gasteiger partial charge in [-0.1, -0.05) is 6.42 Å². The minimum atomic E-state index is 0.766. The van der Waals surface area contributed by atoms with Gasteiger partial charge in [-0.25, -0.2) is 0 Å². The zero-order valence-corrected chi connectivity index (χ0v) is 10.9. The van der Waals surface area contributed by atoms with Crippen LogP contribution in [0.4, 0.5) is 0 Å². The molecule has 0 aromatic carbocycles. The van der Waals surface area contributed by atoms with E-state index in [2.05, 4.69) is 23.9 Å². The second-order valence-corrected chi connectivity index (χ2v) is 5.79. The Labute approximate surface area is 100.0 Å². The van der Waals surface area contributed by atoms with Crippen LogP contribution in [0.3, 0.4) is 0 Å². The van der Waals surface area contributed by atoms with E-state index in [1.54, 1.807) is 0 Å². The Morgan fingerprint density at radius 1 is 1.19 bits per heavy atom. The topological polar surface area (TPSA) is 32.5 Å². The molecule has 0 aromatic heterocycles. The molecule has 2 N–H and O–H groups in total. The molecule has 3 unspecified atom stereocenters. The number of nitrogens with zero attached hydrogens (tertiary/aromatic N) is 2. The Kier molecular flexibility index (Phi) is 4.22. The van der Waals surface area contributed by atoms with Crippen molar-refractivity contribution in [2.45, 2.75) is 44.2 Å². The van der Waals surface area contributed by atoms with Crippen LogP contribution in [0, 0.1) is 5.92 Å². The van der Waals surface area contributed by atoms with Crippen molar-refractivity contribution in [1.29, 1.82) is 0 Å². The van der Waals surface area contributed by atoms with Crippen molar-refractivity contribution in [2.75, 3.05) is 33.7 Å². The van der Waals surface area contributed by atoms with Gasteiger partial charge in [0.2, 0.25) is 0 Å². The predicted molar refractivity (Wildman–Crippen MR) is 68.5 cm³/mol. The summed E-state index contributed by atoms with van der Waals surface area (Å²) >= 11 is 0. The van der Waals surface area contributed by atoms with Crippen molar-refractivity contribution in [3.63, 3.8) is 0 Å². The highest BCUT2D eigenvalue weighted by Gasteiger charge is 2.37. The van der Waals surface area contributed by atoms with Crippen molar-refractivity contribution in [3.8, 4) is 0 Å². The smallest absolute Gasteiger partial charge is 0.0226 e. The SMILES string of the molecule is CN(C)CC1CCCN1C1CCCC1CN. The first-order valence-corrected chi connectivity index (χ1v) is 6.83. The molecule has 1 aliphatic carbocycles. The first kappa shape index (κ1) is 12.3. The Balaban J connectivity index is 1.96. The molecule has 1 aliphatic heterocycles. The van der Waals surface area contributed by atoms with Crippen molar-refractivity contribution in [2.24, 2.45) is 11.7 Å². The first-order chi connectivity index (χ1) is 7.72. The van der Waals surface area contributed by atoms with Crippen LogP contribution < -0.4 is 5.73 Å². The van der Waals surface area contributed by atoms with Gasteiger partial charge in [0.05, 0.1) is 0 Å². The molecule has 2 rings (SSSR count). The zero-order chi connectivity index (χ0) is 11.5. The average molecular weight is 225 g/mol. The standard InChI is InChI=1S/C13H27N3/c1-15(2)10-12-6-4-8-16(12)13-7-3-5-11(13)9-14/h11-13H,3-10,14H2,1-2H3. The quantitative estimate of drug-likeness (QED) is 0.779. The molecule has 94 valence electrons. The lowest BCUT2D eigenvalue weighted by molar-refractivity contribution is 0.127. The second-order valence-electron chi connectivity index (χ2n) is 5.79. The van der Waals surface area contributed by atoms with Crippen LogP contribution in [0.1, 0.15) is 32.1 Å². The fraction of sp³-hybridized carbons (Fsp3) is 1.00. The highest BCUT2D eigenvalue weighted by Crippen LogP contribution is 2.33. The monoisotopic (exact) mass is 225 g/mol. The van der Waals surface area contributed by atoms with Crippen molar-refractivity contribution in [1.82, 2.24) is 9.80 Å². The fourth-order valence-electron chi connectivity index (χ4n) is 3.64. The number of likely N-dealkylation sites (N-methyl/N-ethyl adjacent to an activating group) is 1. The Bertz CT molecular complexity index is 217. The zero-order valence-electron chi connectivity index (χ0n) is 10.9. The lowest BCUT2D eigenvalue weighted by atomic mass is 10.0. The number of likely N-dealkylation sites (tertiary alicyclic amines) is 1. The van der Waals surface area contributed by atoms with Crippen LogP contribution in [0.2, 0.25) is 0 Å². The summed E-state index contributed by atoms with van der Waals surface area (Å²) in [4.78, 5) is 5.10. The van der Waals surface area contributed by atoms with Crippen LogP contribution in [0.25, 0.3) is 0 Å². The summed E-state index contributed by atoms with van der Waals surface area (Å²) < 4.78 is 0. The molecule has 0 amide bonds. The molecule has 1 saturated heterocycles. The molecule has 2 aliphatic rings. The third-order valence-electron chi connectivity index (χ3n) is 4.35. The van der Waals surface area contributed by atoms with E-state index in [-0.39, 0.29) is 0 Å².